The number of hydrogen-bond acceptors (Lipinski definition) is 3. The summed E-state index contributed by atoms with van der Waals surface area (Å²) >= 11 is 0. The molecule has 3 rings (SSSR count). The van der Waals surface area contributed by atoms with Crippen LogP contribution in [0.4, 0.5) is 0 Å². The summed E-state index contributed by atoms with van der Waals surface area (Å²) in [4.78, 5) is 11.6. The van der Waals surface area contributed by atoms with Crippen molar-refractivity contribution in [2.24, 2.45) is 16.7 Å². The summed E-state index contributed by atoms with van der Waals surface area (Å²) in [7, 11) is 0. The van der Waals surface area contributed by atoms with Gasteiger partial charge in [-0.3, -0.25) is 4.79 Å². The maximum Gasteiger partial charge on any atom is 0.162 e. The first-order valence-corrected chi connectivity index (χ1v) is 6.62. The molecule has 3 heteroatoms. The van der Waals surface area contributed by atoms with E-state index in [9.17, 15) is 4.79 Å². The van der Waals surface area contributed by atoms with Gasteiger partial charge in [0.05, 0.1) is 13.2 Å². The van der Waals surface area contributed by atoms with Crippen LogP contribution in [0, 0.1) is 16.7 Å². The molecule has 2 atom stereocenters. The summed E-state index contributed by atoms with van der Waals surface area (Å²) in [6.45, 7) is 7.80. The third-order valence-corrected chi connectivity index (χ3v) is 4.97. The van der Waals surface area contributed by atoms with Crippen molar-refractivity contribution in [2.45, 2.75) is 52.2 Å². The van der Waals surface area contributed by atoms with Crippen LogP contribution in [0.1, 0.15) is 46.5 Å². The monoisotopic (exact) mass is 238 g/mol. The molecule has 0 aromatic heterocycles. The number of ketones is 1. The second-order valence-corrected chi connectivity index (χ2v) is 7.13. The zero-order valence-electron chi connectivity index (χ0n) is 11.0. The second kappa shape index (κ2) is 3.33. The zero-order valence-corrected chi connectivity index (χ0v) is 11.0. The predicted molar refractivity (Wildman–Crippen MR) is 63.5 cm³/mol. The summed E-state index contributed by atoms with van der Waals surface area (Å²) in [6, 6.07) is 0. The van der Waals surface area contributed by atoms with Crippen LogP contribution in [0.25, 0.3) is 0 Å². The Kier molecular flexibility index (Phi) is 2.28. The molecule has 0 unspecified atom stereocenters. The van der Waals surface area contributed by atoms with Gasteiger partial charge in [0.2, 0.25) is 0 Å². The van der Waals surface area contributed by atoms with Gasteiger partial charge in [0, 0.05) is 18.3 Å². The van der Waals surface area contributed by atoms with Crippen LogP contribution in [0.5, 0.6) is 0 Å². The van der Waals surface area contributed by atoms with Crippen LogP contribution in [-0.4, -0.2) is 24.8 Å². The fourth-order valence-electron chi connectivity index (χ4n) is 4.12. The summed E-state index contributed by atoms with van der Waals surface area (Å²) in [6.07, 6.45) is 3.74. The van der Waals surface area contributed by atoms with Crippen LogP contribution in [-0.2, 0) is 14.3 Å². The number of rotatable bonds is 0. The fraction of sp³-hybridized carbons (Fsp3) is 0.929. The van der Waals surface area contributed by atoms with Crippen molar-refractivity contribution in [3.8, 4) is 0 Å². The standard InChI is InChI=1S/C14H22O3/c1-12(2)16-8-14(9-17-12)5-10-4-11(15)6-13(10,3)7-14/h10H,4-9H2,1-3H3/t10-,13+/m0/s1. The normalized spacial score (nSPS) is 43.0. The molecule has 2 aliphatic carbocycles. The molecule has 2 saturated carbocycles. The van der Waals surface area contributed by atoms with Gasteiger partial charge in [-0.1, -0.05) is 6.92 Å². The van der Waals surface area contributed by atoms with Gasteiger partial charge in [-0.2, -0.15) is 0 Å². The molecule has 3 aliphatic rings. The van der Waals surface area contributed by atoms with Crippen LogP contribution in [0.3, 0.4) is 0 Å². The molecule has 0 aromatic rings. The van der Waals surface area contributed by atoms with E-state index in [0.29, 0.717) is 11.7 Å². The highest BCUT2D eigenvalue weighted by atomic mass is 16.7. The van der Waals surface area contributed by atoms with Gasteiger partial charge in [-0.15, -0.1) is 0 Å². The van der Waals surface area contributed by atoms with Gasteiger partial charge in [0.1, 0.15) is 5.78 Å². The molecule has 1 spiro atoms. The van der Waals surface area contributed by atoms with E-state index in [1.54, 1.807) is 0 Å². The lowest BCUT2D eigenvalue weighted by molar-refractivity contribution is -0.285. The molecular formula is C14H22O3. The number of hydrogen-bond donors (Lipinski definition) is 0. The van der Waals surface area contributed by atoms with Crippen molar-refractivity contribution >= 4 is 5.78 Å². The minimum Gasteiger partial charge on any atom is -0.350 e. The lowest BCUT2D eigenvalue weighted by atomic mass is 9.79. The maximum absolute atomic E-state index is 11.6. The Labute approximate surface area is 103 Å². The Morgan fingerprint density at radius 1 is 1.18 bits per heavy atom. The quantitative estimate of drug-likeness (QED) is 0.650. The van der Waals surface area contributed by atoms with Gasteiger partial charge in [-0.25, -0.2) is 0 Å². The highest BCUT2D eigenvalue weighted by Crippen LogP contribution is 2.60. The van der Waals surface area contributed by atoms with Gasteiger partial charge in [-0.05, 0) is 38.0 Å². The minimum atomic E-state index is -0.431. The maximum atomic E-state index is 11.6. The topological polar surface area (TPSA) is 35.5 Å². The molecule has 96 valence electrons. The second-order valence-electron chi connectivity index (χ2n) is 7.13. The van der Waals surface area contributed by atoms with Crippen molar-refractivity contribution in [2.75, 3.05) is 13.2 Å². The van der Waals surface area contributed by atoms with Crippen molar-refractivity contribution in [1.82, 2.24) is 0 Å². The predicted octanol–water partition coefficient (Wildman–Crippen LogP) is 2.53. The van der Waals surface area contributed by atoms with Crippen LogP contribution in [0.2, 0.25) is 0 Å². The lowest BCUT2D eigenvalue weighted by Gasteiger charge is -2.42. The molecule has 3 fully saturated rings. The molecule has 1 heterocycles. The molecule has 0 bridgehead atoms. The first kappa shape index (κ1) is 11.7. The molecule has 0 N–H and O–H groups in total. The van der Waals surface area contributed by atoms with E-state index in [1.165, 1.54) is 0 Å². The molecule has 17 heavy (non-hydrogen) atoms. The number of ether oxygens (including phenoxy) is 2. The minimum absolute atomic E-state index is 0.176. The molecule has 3 nitrogen and oxygen atoms in total. The Morgan fingerprint density at radius 3 is 2.41 bits per heavy atom. The third kappa shape index (κ3) is 1.84. The Balaban J connectivity index is 1.75. The molecule has 1 saturated heterocycles. The first-order chi connectivity index (χ1) is 7.83. The summed E-state index contributed by atoms with van der Waals surface area (Å²) < 4.78 is 11.7. The van der Waals surface area contributed by atoms with Crippen molar-refractivity contribution < 1.29 is 14.3 Å². The number of fused-ring (bicyclic) bond motifs is 1. The van der Waals surface area contributed by atoms with Crippen LogP contribution in [0.15, 0.2) is 0 Å². The summed E-state index contributed by atoms with van der Waals surface area (Å²) in [5.74, 6) is 0.577. The molecule has 0 radical (unpaired) electrons. The van der Waals surface area contributed by atoms with Crippen molar-refractivity contribution in [3.63, 3.8) is 0 Å². The van der Waals surface area contributed by atoms with Gasteiger partial charge >= 0.3 is 0 Å². The smallest absolute Gasteiger partial charge is 0.162 e. The van der Waals surface area contributed by atoms with Crippen molar-refractivity contribution in [1.29, 1.82) is 0 Å². The zero-order chi connectivity index (χ0) is 12.3. The van der Waals surface area contributed by atoms with E-state index in [4.69, 9.17) is 9.47 Å². The highest BCUT2D eigenvalue weighted by molar-refractivity contribution is 5.82. The van der Waals surface area contributed by atoms with Gasteiger partial charge in [0.25, 0.3) is 0 Å². The van der Waals surface area contributed by atoms with E-state index < -0.39 is 5.79 Å². The molecule has 1 aliphatic heterocycles. The number of Topliss-reactive ketones (excluding diaryl/α,β-unsaturated/α-hetero) is 1. The van der Waals surface area contributed by atoms with E-state index in [1.807, 2.05) is 13.8 Å². The summed E-state index contributed by atoms with van der Waals surface area (Å²) in [5, 5.41) is 0. The van der Waals surface area contributed by atoms with Crippen LogP contribution < -0.4 is 0 Å². The Hall–Kier alpha value is -0.410. The Morgan fingerprint density at radius 2 is 1.82 bits per heavy atom. The highest BCUT2D eigenvalue weighted by Gasteiger charge is 2.58. The van der Waals surface area contributed by atoms with E-state index in [-0.39, 0.29) is 10.8 Å². The lowest BCUT2D eigenvalue weighted by Crippen LogP contribution is -2.45. The van der Waals surface area contributed by atoms with Gasteiger partial charge in [0.15, 0.2) is 5.79 Å². The van der Waals surface area contributed by atoms with Gasteiger partial charge < -0.3 is 9.47 Å². The third-order valence-electron chi connectivity index (χ3n) is 4.97. The average molecular weight is 238 g/mol. The molecule has 0 amide bonds. The number of carbonyl (C=O) groups is 1. The van der Waals surface area contributed by atoms with E-state index >= 15 is 0 Å². The average Bonchev–Trinajstić information content (AvgIpc) is 2.59. The summed E-state index contributed by atoms with van der Waals surface area (Å²) in [5.41, 5.74) is 0.390. The van der Waals surface area contributed by atoms with E-state index in [2.05, 4.69) is 6.92 Å². The fourth-order valence-corrected chi connectivity index (χ4v) is 4.12. The van der Waals surface area contributed by atoms with Crippen LogP contribution >= 0.6 is 0 Å². The number of carbonyl (C=O) groups excluding carboxylic acids is 1. The molecular weight excluding hydrogens is 216 g/mol. The van der Waals surface area contributed by atoms with Crippen molar-refractivity contribution in [3.05, 3.63) is 0 Å². The van der Waals surface area contributed by atoms with E-state index in [0.717, 1.165) is 38.9 Å². The Bertz CT molecular complexity index is 350. The SMILES string of the molecule is CC1(C)OCC2(CO1)C[C@@H]1CC(=O)C[C@]1(C)C2. The molecule has 0 aromatic carbocycles. The largest absolute Gasteiger partial charge is 0.350 e. The first-order valence-electron chi connectivity index (χ1n) is 6.62.